The Balaban J connectivity index is 1.47. The standard InChI is InChI=1S/C16H19N5O4/c22-16(17-14-3-1-2-4-15(14)21(23)24)12-20-8-6-19(7-9-20)11-13-5-10-25-18-13/h1-5,10H,6-9,11-12H2,(H,17,22). The number of rotatable bonds is 6. The molecule has 9 heteroatoms. The van der Waals surface area contributed by atoms with Gasteiger partial charge in [0.1, 0.15) is 12.0 Å². The molecule has 25 heavy (non-hydrogen) atoms. The predicted octanol–water partition coefficient (Wildman–Crippen LogP) is 1.34. The SMILES string of the molecule is O=C(CN1CCN(Cc2ccon2)CC1)Nc1ccccc1[N+](=O)[O-]. The molecule has 1 amide bonds. The molecule has 2 aromatic rings. The fourth-order valence-electron chi connectivity index (χ4n) is 2.79. The van der Waals surface area contributed by atoms with Gasteiger partial charge in [0.15, 0.2) is 0 Å². The molecule has 0 atom stereocenters. The van der Waals surface area contributed by atoms with Crippen LogP contribution in [-0.2, 0) is 11.3 Å². The van der Waals surface area contributed by atoms with Crippen LogP contribution in [0.2, 0.25) is 0 Å². The third-order valence-corrected chi connectivity index (χ3v) is 4.08. The largest absolute Gasteiger partial charge is 0.364 e. The van der Waals surface area contributed by atoms with Gasteiger partial charge in [-0.05, 0) is 6.07 Å². The lowest BCUT2D eigenvalue weighted by Crippen LogP contribution is -2.48. The fourth-order valence-corrected chi connectivity index (χ4v) is 2.79. The molecule has 0 aliphatic carbocycles. The minimum Gasteiger partial charge on any atom is -0.364 e. The summed E-state index contributed by atoms with van der Waals surface area (Å²) in [4.78, 5) is 26.9. The summed E-state index contributed by atoms with van der Waals surface area (Å²) in [5, 5.41) is 17.5. The molecule has 1 aromatic heterocycles. The first-order chi connectivity index (χ1) is 12.1. The second-order valence-electron chi connectivity index (χ2n) is 5.87. The van der Waals surface area contributed by atoms with E-state index in [2.05, 4.69) is 15.4 Å². The summed E-state index contributed by atoms with van der Waals surface area (Å²) < 4.78 is 4.82. The molecule has 132 valence electrons. The van der Waals surface area contributed by atoms with Crippen molar-refractivity contribution in [1.29, 1.82) is 0 Å². The van der Waals surface area contributed by atoms with Crippen molar-refractivity contribution in [2.75, 3.05) is 38.0 Å². The third kappa shape index (κ3) is 4.61. The molecule has 2 heterocycles. The van der Waals surface area contributed by atoms with Gasteiger partial charge in [0.05, 0.1) is 17.2 Å². The van der Waals surface area contributed by atoms with Gasteiger partial charge in [-0.25, -0.2) is 0 Å². The molecule has 1 aliphatic heterocycles. The monoisotopic (exact) mass is 345 g/mol. The summed E-state index contributed by atoms with van der Waals surface area (Å²) in [5.74, 6) is -0.251. The molecule has 1 saturated heterocycles. The van der Waals surface area contributed by atoms with Crippen LogP contribution in [0.25, 0.3) is 0 Å². The summed E-state index contributed by atoms with van der Waals surface area (Å²) in [6, 6.07) is 7.98. The minimum absolute atomic E-state index is 0.103. The first-order valence-corrected chi connectivity index (χ1v) is 7.99. The van der Waals surface area contributed by atoms with Crippen LogP contribution in [0.4, 0.5) is 11.4 Å². The Morgan fingerprint density at radius 3 is 2.60 bits per heavy atom. The summed E-state index contributed by atoms with van der Waals surface area (Å²) in [6.07, 6.45) is 1.55. The molecule has 0 spiro atoms. The topological polar surface area (TPSA) is 105 Å². The summed E-state index contributed by atoms with van der Waals surface area (Å²) in [7, 11) is 0. The number of amides is 1. The molecule has 9 nitrogen and oxygen atoms in total. The van der Waals surface area contributed by atoms with Crippen molar-refractivity contribution < 1.29 is 14.2 Å². The summed E-state index contributed by atoms with van der Waals surface area (Å²) >= 11 is 0. The highest BCUT2D eigenvalue weighted by Gasteiger charge is 2.21. The second-order valence-corrected chi connectivity index (χ2v) is 5.87. The maximum absolute atomic E-state index is 12.2. The van der Waals surface area contributed by atoms with E-state index in [1.54, 1.807) is 18.4 Å². The van der Waals surface area contributed by atoms with Crippen molar-refractivity contribution >= 4 is 17.3 Å². The van der Waals surface area contributed by atoms with Gasteiger partial charge in [0.25, 0.3) is 5.69 Å². The van der Waals surface area contributed by atoms with Crippen molar-refractivity contribution in [3.63, 3.8) is 0 Å². The maximum atomic E-state index is 12.2. The molecule has 1 N–H and O–H groups in total. The van der Waals surface area contributed by atoms with Gasteiger partial charge >= 0.3 is 0 Å². The van der Waals surface area contributed by atoms with Crippen molar-refractivity contribution in [2.45, 2.75) is 6.54 Å². The van der Waals surface area contributed by atoms with E-state index in [-0.39, 0.29) is 23.8 Å². The van der Waals surface area contributed by atoms with Crippen molar-refractivity contribution in [2.24, 2.45) is 0 Å². The number of nitro benzene ring substituents is 1. The minimum atomic E-state index is -0.502. The van der Waals surface area contributed by atoms with Crippen molar-refractivity contribution in [3.8, 4) is 0 Å². The molecule has 0 bridgehead atoms. The third-order valence-electron chi connectivity index (χ3n) is 4.08. The lowest BCUT2D eigenvalue weighted by atomic mass is 10.2. The lowest BCUT2D eigenvalue weighted by molar-refractivity contribution is -0.383. The molecular formula is C16H19N5O4. The van der Waals surface area contributed by atoms with Crippen LogP contribution in [0.5, 0.6) is 0 Å². The zero-order valence-electron chi connectivity index (χ0n) is 13.6. The van der Waals surface area contributed by atoms with Crippen LogP contribution in [-0.4, -0.2) is 58.5 Å². The Morgan fingerprint density at radius 2 is 1.92 bits per heavy atom. The Morgan fingerprint density at radius 1 is 1.20 bits per heavy atom. The Labute approximate surface area is 144 Å². The van der Waals surface area contributed by atoms with E-state index in [1.807, 2.05) is 11.0 Å². The lowest BCUT2D eigenvalue weighted by Gasteiger charge is -2.33. The second kappa shape index (κ2) is 7.86. The number of carbonyl (C=O) groups is 1. The molecule has 0 saturated carbocycles. The molecule has 1 fully saturated rings. The van der Waals surface area contributed by atoms with Crippen LogP contribution in [0, 0.1) is 10.1 Å². The van der Waals surface area contributed by atoms with Gasteiger partial charge in [-0.2, -0.15) is 0 Å². The highest BCUT2D eigenvalue weighted by Crippen LogP contribution is 2.23. The average molecular weight is 345 g/mol. The predicted molar refractivity (Wildman–Crippen MR) is 89.9 cm³/mol. The van der Waals surface area contributed by atoms with Crippen molar-refractivity contribution in [1.82, 2.24) is 15.0 Å². The number of hydrogen-bond acceptors (Lipinski definition) is 7. The zero-order chi connectivity index (χ0) is 17.6. The number of nitro groups is 1. The van der Waals surface area contributed by atoms with Gasteiger partial charge in [0, 0.05) is 44.9 Å². The van der Waals surface area contributed by atoms with Crippen LogP contribution in [0.1, 0.15) is 5.69 Å². The van der Waals surface area contributed by atoms with Gasteiger partial charge in [0.2, 0.25) is 5.91 Å². The molecule has 1 aliphatic rings. The maximum Gasteiger partial charge on any atom is 0.292 e. The van der Waals surface area contributed by atoms with E-state index in [0.717, 1.165) is 38.4 Å². The van der Waals surface area contributed by atoms with Crippen LogP contribution in [0.15, 0.2) is 41.1 Å². The first kappa shape index (κ1) is 17.1. The number of anilines is 1. The van der Waals surface area contributed by atoms with E-state index in [4.69, 9.17) is 4.52 Å². The normalized spacial score (nSPS) is 15.8. The van der Waals surface area contributed by atoms with E-state index in [0.29, 0.717) is 0 Å². The molecule has 0 radical (unpaired) electrons. The van der Waals surface area contributed by atoms with E-state index < -0.39 is 4.92 Å². The molecule has 0 unspecified atom stereocenters. The van der Waals surface area contributed by atoms with Crippen LogP contribution in [0.3, 0.4) is 0 Å². The number of benzene rings is 1. The Hall–Kier alpha value is -2.78. The van der Waals surface area contributed by atoms with Crippen LogP contribution < -0.4 is 5.32 Å². The van der Waals surface area contributed by atoms with Gasteiger partial charge in [-0.15, -0.1) is 0 Å². The van der Waals surface area contributed by atoms with E-state index >= 15 is 0 Å². The number of para-hydroxylation sites is 2. The van der Waals surface area contributed by atoms with Crippen LogP contribution >= 0.6 is 0 Å². The van der Waals surface area contributed by atoms with Gasteiger partial charge < -0.3 is 9.84 Å². The van der Waals surface area contributed by atoms with E-state index in [1.165, 1.54) is 12.1 Å². The highest BCUT2D eigenvalue weighted by molar-refractivity contribution is 5.94. The van der Waals surface area contributed by atoms with E-state index in [9.17, 15) is 14.9 Å². The Bertz CT molecular complexity index is 726. The number of carbonyl (C=O) groups excluding carboxylic acids is 1. The Kier molecular flexibility index (Phi) is 5.36. The van der Waals surface area contributed by atoms with Crippen molar-refractivity contribution in [3.05, 3.63) is 52.4 Å². The average Bonchev–Trinajstić information content (AvgIpc) is 3.10. The first-order valence-electron chi connectivity index (χ1n) is 7.99. The molecular weight excluding hydrogens is 326 g/mol. The molecule has 1 aromatic carbocycles. The quantitative estimate of drug-likeness (QED) is 0.622. The zero-order valence-corrected chi connectivity index (χ0v) is 13.6. The number of nitrogens with one attached hydrogen (secondary N) is 1. The number of hydrogen-bond donors (Lipinski definition) is 1. The summed E-state index contributed by atoms with van der Waals surface area (Å²) in [6.45, 7) is 4.10. The number of aromatic nitrogens is 1. The number of piperazine rings is 1. The summed E-state index contributed by atoms with van der Waals surface area (Å²) in [5.41, 5.74) is 1.01. The fraction of sp³-hybridized carbons (Fsp3) is 0.375. The number of nitrogens with zero attached hydrogens (tertiary/aromatic N) is 4. The highest BCUT2D eigenvalue weighted by atomic mass is 16.6. The van der Waals surface area contributed by atoms with Gasteiger partial charge in [-0.3, -0.25) is 24.7 Å². The smallest absolute Gasteiger partial charge is 0.292 e. The van der Waals surface area contributed by atoms with Gasteiger partial charge in [-0.1, -0.05) is 17.3 Å². The molecule has 3 rings (SSSR count).